The van der Waals surface area contributed by atoms with Gasteiger partial charge in [0.15, 0.2) is 0 Å². The summed E-state index contributed by atoms with van der Waals surface area (Å²) < 4.78 is 1.17. The summed E-state index contributed by atoms with van der Waals surface area (Å²) in [6.45, 7) is 5.18. The van der Waals surface area contributed by atoms with Crippen molar-refractivity contribution in [1.82, 2.24) is 15.6 Å². The molecular weight excluding hydrogens is 366 g/mol. The fraction of sp³-hybridized carbons (Fsp3) is 0.391. The number of nitrogens with zero attached hydrogens (tertiary/aromatic N) is 1. The number of hydrogen-bond acceptors (Lipinski definition) is 4. The third kappa shape index (κ3) is 3.96. The van der Waals surface area contributed by atoms with Crippen molar-refractivity contribution in [2.75, 3.05) is 6.54 Å². The summed E-state index contributed by atoms with van der Waals surface area (Å²) in [6.07, 6.45) is 2.54. The number of hydrogen-bond donors (Lipinski definition) is 2. The fourth-order valence-electron chi connectivity index (χ4n) is 4.03. The van der Waals surface area contributed by atoms with Gasteiger partial charge in [-0.1, -0.05) is 42.5 Å². The van der Waals surface area contributed by atoms with Gasteiger partial charge in [-0.15, -0.1) is 11.3 Å². The van der Waals surface area contributed by atoms with E-state index in [1.54, 1.807) is 11.3 Å². The van der Waals surface area contributed by atoms with E-state index in [1.807, 2.05) is 43.3 Å². The molecule has 0 bridgehead atoms. The van der Waals surface area contributed by atoms with Crippen molar-refractivity contribution < 1.29 is 4.79 Å². The van der Waals surface area contributed by atoms with E-state index in [0.717, 1.165) is 35.5 Å². The molecular formula is C23H27N3OS. The number of carbonyl (C=O) groups is 1. The van der Waals surface area contributed by atoms with E-state index in [9.17, 15) is 4.79 Å². The molecule has 0 radical (unpaired) electrons. The van der Waals surface area contributed by atoms with Crippen molar-refractivity contribution in [2.45, 2.75) is 50.6 Å². The van der Waals surface area contributed by atoms with Crippen LogP contribution in [0.15, 0.2) is 54.6 Å². The van der Waals surface area contributed by atoms with Crippen LogP contribution in [0, 0.1) is 0 Å². The summed E-state index contributed by atoms with van der Waals surface area (Å²) in [6, 6.07) is 18.9. The van der Waals surface area contributed by atoms with Gasteiger partial charge in [-0.3, -0.25) is 4.79 Å². The van der Waals surface area contributed by atoms with Gasteiger partial charge >= 0.3 is 0 Å². The van der Waals surface area contributed by atoms with Crippen LogP contribution >= 0.6 is 11.3 Å². The molecule has 1 fully saturated rings. The van der Waals surface area contributed by atoms with Gasteiger partial charge in [-0.25, -0.2) is 4.98 Å². The number of benzene rings is 2. The number of fused-ring (bicyclic) bond motifs is 1. The minimum absolute atomic E-state index is 0.0945. The average Bonchev–Trinajstić information content (AvgIpc) is 3.10. The number of nitrogens with one attached hydrogen (secondary N) is 2. The molecule has 146 valence electrons. The second-order valence-electron chi connectivity index (χ2n) is 8.00. The van der Waals surface area contributed by atoms with E-state index in [4.69, 9.17) is 4.98 Å². The van der Waals surface area contributed by atoms with Crippen LogP contribution in [0.2, 0.25) is 0 Å². The van der Waals surface area contributed by atoms with Crippen molar-refractivity contribution in [3.05, 3.63) is 65.2 Å². The first-order valence-corrected chi connectivity index (χ1v) is 10.8. The topological polar surface area (TPSA) is 54.0 Å². The number of para-hydroxylation sites is 1. The zero-order chi connectivity index (χ0) is 19.6. The first kappa shape index (κ1) is 19.1. The predicted molar refractivity (Wildman–Crippen MR) is 116 cm³/mol. The molecule has 3 atom stereocenters. The first-order chi connectivity index (χ1) is 13.5. The van der Waals surface area contributed by atoms with E-state index in [-0.39, 0.29) is 11.9 Å². The van der Waals surface area contributed by atoms with E-state index in [2.05, 4.69) is 35.8 Å². The van der Waals surface area contributed by atoms with E-state index >= 15 is 0 Å². The van der Waals surface area contributed by atoms with Crippen LogP contribution in [0.4, 0.5) is 0 Å². The van der Waals surface area contributed by atoms with Gasteiger partial charge in [0, 0.05) is 18.5 Å². The Morgan fingerprint density at radius 1 is 1.21 bits per heavy atom. The summed E-state index contributed by atoms with van der Waals surface area (Å²) in [5.41, 5.74) is 1.39. The van der Waals surface area contributed by atoms with Crippen molar-refractivity contribution >= 4 is 27.5 Å². The van der Waals surface area contributed by atoms with Crippen LogP contribution < -0.4 is 10.6 Å². The summed E-state index contributed by atoms with van der Waals surface area (Å²) in [5, 5.41) is 7.79. The monoisotopic (exact) mass is 393 g/mol. The normalized spacial score (nSPS) is 21.9. The Bertz CT molecular complexity index is 922. The Hall–Kier alpha value is -2.24. The Morgan fingerprint density at radius 3 is 2.71 bits per heavy atom. The third-order valence-electron chi connectivity index (χ3n) is 5.71. The molecule has 1 aliphatic rings. The molecule has 1 saturated heterocycles. The molecule has 4 rings (SSSR count). The molecule has 2 aromatic carbocycles. The number of aromatic nitrogens is 1. The second kappa shape index (κ2) is 8.02. The van der Waals surface area contributed by atoms with Crippen molar-refractivity contribution in [3.8, 4) is 0 Å². The Balaban J connectivity index is 1.63. The lowest BCUT2D eigenvalue weighted by Crippen LogP contribution is -2.52. The largest absolute Gasteiger partial charge is 0.352 e. The third-order valence-corrected chi connectivity index (χ3v) is 6.75. The lowest BCUT2D eigenvalue weighted by atomic mass is 9.78. The SMILES string of the molecule is CC1CC(NC(=O)C(C)(Cc2nc3ccccc3s2)c2ccccc2)CCN1. The lowest BCUT2D eigenvalue weighted by molar-refractivity contribution is -0.127. The molecule has 1 aliphatic heterocycles. The van der Waals surface area contributed by atoms with Gasteiger partial charge in [0.2, 0.25) is 5.91 Å². The van der Waals surface area contributed by atoms with Crippen LogP contribution in [0.1, 0.15) is 37.3 Å². The molecule has 4 nitrogen and oxygen atoms in total. The smallest absolute Gasteiger partial charge is 0.231 e. The maximum Gasteiger partial charge on any atom is 0.231 e. The number of amides is 1. The number of thiazole rings is 1. The summed E-state index contributed by atoms with van der Waals surface area (Å²) in [7, 11) is 0. The van der Waals surface area contributed by atoms with Crippen LogP contribution in [-0.4, -0.2) is 29.5 Å². The number of piperidine rings is 1. The molecule has 0 aliphatic carbocycles. The first-order valence-electron chi connectivity index (χ1n) is 9.99. The molecule has 0 saturated carbocycles. The highest BCUT2D eigenvalue weighted by Crippen LogP contribution is 2.32. The molecule has 1 aromatic heterocycles. The maximum atomic E-state index is 13.5. The summed E-state index contributed by atoms with van der Waals surface area (Å²) in [5.74, 6) is 0.0945. The molecule has 2 heterocycles. The highest BCUT2D eigenvalue weighted by atomic mass is 32.1. The minimum atomic E-state index is -0.650. The van der Waals surface area contributed by atoms with Gasteiger partial charge in [0.25, 0.3) is 0 Å². The maximum absolute atomic E-state index is 13.5. The van der Waals surface area contributed by atoms with Gasteiger partial charge in [-0.05, 0) is 50.9 Å². The Kier molecular flexibility index (Phi) is 5.47. The van der Waals surface area contributed by atoms with Crippen molar-refractivity contribution in [1.29, 1.82) is 0 Å². The number of carbonyl (C=O) groups excluding carboxylic acids is 1. The zero-order valence-electron chi connectivity index (χ0n) is 16.4. The zero-order valence-corrected chi connectivity index (χ0v) is 17.3. The lowest BCUT2D eigenvalue weighted by Gasteiger charge is -2.34. The predicted octanol–water partition coefficient (Wildman–Crippen LogP) is 4.05. The average molecular weight is 394 g/mol. The Labute approximate surface area is 170 Å². The highest BCUT2D eigenvalue weighted by Gasteiger charge is 2.38. The fourth-order valence-corrected chi connectivity index (χ4v) is 5.15. The van der Waals surface area contributed by atoms with Gasteiger partial charge in [0.05, 0.1) is 20.6 Å². The molecule has 5 heteroatoms. The molecule has 3 aromatic rings. The van der Waals surface area contributed by atoms with E-state index < -0.39 is 5.41 Å². The van der Waals surface area contributed by atoms with Crippen LogP contribution in [0.3, 0.4) is 0 Å². The molecule has 28 heavy (non-hydrogen) atoms. The quantitative estimate of drug-likeness (QED) is 0.687. The summed E-state index contributed by atoms with van der Waals surface area (Å²) >= 11 is 1.68. The van der Waals surface area contributed by atoms with Gasteiger partial charge < -0.3 is 10.6 Å². The summed E-state index contributed by atoms with van der Waals surface area (Å²) in [4.78, 5) is 18.3. The van der Waals surface area contributed by atoms with Crippen molar-refractivity contribution in [2.24, 2.45) is 0 Å². The molecule has 1 amide bonds. The van der Waals surface area contributed by atoms with Crippen LogP contribution in [0.5, 0.6) is 0 Å². The van der Waals surface area contributed by atoms with Crippen molar-refractivity contribution in [3.63, 3.8) is 0 Å². The molecule has 0 spiro atoms. The highest BCUT2D eigenvalue weighted by molar-refractivity contribution is 7.18. The van der Waals surface area contributed by atoms with E-state index in [0.29, 0.717) is 12.5 Å². The minimum Gasteiger partial charge on any atom is -0.352 e. The molecule has 3 unspecified atom stereocenters. The van der Waals surface area contributed by atoms with Gasteiger partial charge in [0.1, 0.15) is 0 Å². The van der Waals surface area contributed by atoms with Crippen LogP contribution in [0.25, 0.3) is 10.2 Å². The van der Waals surface area contributed by atoms with E-state index in [1.165, 1.54) is 4.70 Å². The standard InChI is InChI=1S/C23H27N3OS/c1-16-14-18(12-13-24-16)25-22(27)23(2,17-8-4-3-5-9-17)15-21-26-19-10-6-7-11-20(19)28-21/h3-11,16,18,24H,12-15H2,1-2H3,(H,25,27). The molecule has 2 N–H and O–H groups in total. The van der Waals surface area contributed by atoms with Gasteiger partial charge in [-0.2, -0.15) is 0 Å². The number of rotatable bonds is 5. The Morgan fingerprint density at radius 2 is 1.96 bits per heavy atom. The van der Waals surface area contributed by atoms with Crippen LogP contribution in [-0.2, 0) is 16.6 Å². The second-order valence-corrected chi connectivity index (χ2v) is 9.12.